The monoisotopic (exact) mass is 486 g/mol. The number of hydrogen-bond donors (Lipinski definition) is 2. The summed E-state index contributed by atoms with van der Waals surface area (Å²) in [6, 6.07) is 4.83. The molecule has 2 aliphatic heterocycles. The molecule has 1 unspecified atom stereocenters. The van der Waals surface area contributed by atoms with Gasteiger partial charge in [-0.3, -0.25) is 4.90 Å². The summed E-state index contributed by atoms with van der Waals surface area (Å²) < 4.78 is 0. The lowest BCUT2D eigenvalue weighted by atomic mass is 10.2. The van der Waals surface area contributed by atoms with Crippen molar-refractivity contribution in [1.82, 2.24) is 15.2 Å². The van der Waals surface area contributed by atoms with Gasteiger partial charge in [0.25, 0.3) is 0 Å². The number of rotatable bonds is 6. The Balaban J connectivity index is 0.00000261. The van der Waals surface area contributed by atoms with E-state index in [9.17, 15) is 0 Å². The number of anilines is 1. The average molecular weight is 486 g/mol. The van der Waals surface area contributed by atoms with Crippen molar-refractivity contribution in [2.75, 3.05) is 37.6 Å². The van der Waals surface area contributed by atoms with Crippen molar-refractivity contribution >= 4 is 35.8 Å². The molecule has 0 bridgehead atoms. The first-order chi connectivity index (χ1) is 12.8. The van der Waals surface area contributed by atoms with Crippen molar-refractivity contribution in [2.24, 2.45) is 10.7 Å². The maximum atomic E-state index is 6.04. The summed E-state index contributed by atoms with van der Waals surface area (Å²) in [5.41, 5.74) is 7.14. The highest BCUT2D eigenvalue weighted by molar-refractivity contribution is 14.0. The van der Waals surface area contributed by atoms with Gasteiger partial charge in [0.05, 0.1) is 6.54 Å². The van der Waals surface area contributed by atoms with Crippen LogP contribution in [0, 0.1) is 0 Å². The number of nitrogens with one attached hydrogen (secondary N) is 1. The van der Waals surface area contributed by atoms with E-state index in [1.807, 2.05) is 6.20 Å². The smallest absolute Gasteiger partial charge is 0.188 e. The highest BCUT2D eigenvalue weighted by Crippen LogP contribution is 2.18. The van der Waals surface area contributed by atoms with Crippen LogP contribution >= 0.6 is 24.0 Å². The maximum absolute atomic E-state index is 6.04. The molecule has 0 aliphatic carbocycles. The molecule has 0 saturated carbocycles. The van der Waals surface area contributed by atoms with Crippen LogP contribution in [-0.4, -0.2) is 54.6 Å². The van der Waals surface area contributed by atoms with Crippen molar-refractivity contribution in [3.05, 3.63) is 23.9 Å². The molecular weight excluding hydrogens is 451 g/mol. The lowest BCUT2D eigenvalue weighted by molar-refractivity contribution is 0.267. The first kappa shape index (κ1) is 22.2. The van der Waals surface area contributed by atoms with Crippen molar-refractivity contribution in [2.45, 2.75) is 58.0 Å². The lowest BCUT2D eigenvalue weighted by Crippen LogP contribution is -2.42. The lowest BCUT2D eigenvalue weighted by Gasteiger charge is -2.23. The Morgan fingerprint density at radius 3 is 2.63 bits per heavy atom. The van der Waals surface area contributed by atoms with Crippen molar-refractivity contribution in [1.29, 1.82) is 0 Å². The Kier molecular flexibility index (Phi) is 9.61. The van der Waals surface area contributed by atoms with E-state index in [1.54, 1.807) is 0 Å². The van der Waals surface area contributed by atoms with Crippen LogP contribution in [0.25, 0.3) is 0 Å². The van der Waals surface area contributed by atoms with Crippen LogP contribution < -0.4 is 16.0 Å². The van der Waals surface area contributed by atoms with Gasteiger partial charge in [-0.2, -0.15) is 0 Å². The van der Waals surface area contributed by atoms with Gasteiger partial charge in [-0.05, 0) is 50.4 Å². The molecule has 2 saturated heterocycles. The fourth-order valence-corrected chi connectivity index (χ4v) is 3.99. The molecule has 2 fully saturated rings. The fraction of sp³-hybridized carbons (Fsp3) is 0.700. The van der Waals surface area contributed by atoms with E-state index in [2.05, 4.69) is 44.1 Å². The van der Waals surface area contributed by atoms with E-state index < -0.39 is 0 Å². The second-order valence-corrected chi connectivity index (χ2v) is 7.43. The molecule has 152 valence electrons. The predicted molar refractivity (Wildman–Crippen MR) is 124 cm³/mol. The number of likely N-dealkylation sites (N-methyl/N-ethyl adjacent to an activating group) is 1. The number of likely N-dealkylation sites (tertiary alicyclic amines) is 1. The largest absolute Gasteiger partial charge is 0.370 e. The second kappa shape index (κ2) is 11.7. The molecule has 1 aromatic heterocycles. The van der Waals surface area contributed by atoms with Gasteiger partial charge in [0, 0.05) is 31.9 Å². The standard InChI is InChI=1S/C20H34N6.HI/c1-2-25-13-7-8-18(25)16-24-20(21)23-15-17-9-10-19(22-14-17)26-11-5-3-4-6-12-26;/h9-10,14,18H,2-8,11-13,15-16H2,1H3,(H3,21,23,24);1H. The first-order valence-corrected chi connectivity index (χ1v) is 10.2. The minimum absolute atomic E-state index is 0. The molecule has 1 aromatic rings. The molecule has 7 heteroatoms. The Hall–Kier alpha value is -1.09. The van der Waals surface area contributed by atoms with Gasteiger partial charge in [-0.25, -0.2) is 9.98 Å². The molecular formula is C20H35IN6. The number of pyridine rings is 1. The van der Waals surface area contributed by atoms with Crippen LogP contribution in [0.1, 0.15) is 51.0 Å². The first-order valence-electron chi connectivity index (χ1n) is 10.2. The quantitative estimate of drug-likeness (QED) is 0.368. The summed E-state index contributed by atoms with van der Waals surface area (Å²) in [6.45, 7) is 8.24. The molecule has 2 aliphatic rings. The summed E-state index contributed by atoms with van der Waals surface area (Å²) in [6.07, 6.45) is 9.69. The Morgan fingerprint density at radius 1 is 1.19 bits per heavy atom. The van der Waals surface area contributed by atoms with E-state index in [0.717, 1.165) is 37.6 Å². The van der Waals surface area contributed by atoms with Gasteiger partial charge in [0.1, 0.15) is 5.82 Å². The Labute approximate surface area is 181 Å². The molecule has 27 heavy (non-hydrogen) atoms. The summed E-state index contributed by atoms with van der Waals surface area (Å²) in [7, 11) is 0. The Morgan fingerprint density at radius 2 is 1.96 bits per heavy atom. The zero-order valence-electron chi connectivity index (χ0n) is 16.6. The van der Waals surface area contributed by atoms with E-state index in [1.165, 1.54) is 45.1 Å². The number of hydrogen-bond acceptors (Lipinski definition) is 4. The summed E-state index contributed by atoms with van der Waals surface area (Å²) in [5, 5.41) is 3.29. The maximum Gasteiger partial charge on any atom is 0.188 e. The molecule has 3 N–H and O–H groups in total. The predicted octanol–water partition coefficient (Wildman–Crippen LogP) is 2.97. The minimum atomic E-state index is 0. The molecule has 0 radical (unpaired) electrons. The summed E-state index contributed by atoms with van der Waals surface area (Å²) in [5.74, 6) is 1.62. The molecule has 3 rings (SSSR count). The number of guanidine groups is 1. The van der Waals surface area contributed by atoms with E-state index >= 15 is 0 Å². The fourth-order valence-electron chi connectivity index (χ4n) is 3.99. The number of aliphatic imine (C=N–C) groups is 1. The molecule has 0 amide bonds. The third-order valence-electron chi connectivity index (χ3n) is 5.60. The summed E-state index contributed by atoms with van der Waals surface area (Å²) in [4.78, 5) is 14.0. The van der Waals surface area contributed by atoms with Crippen LogP contribution in [-0.2, 0) is 6.54 Å². The SMILES string of the molecule is CCN1CCCC1CNC(N)=NCc1ccc(N2CCCCCC2)nc1.I. The van der Waals surface area contributed by atoms with Crippen LogP contribution in [0.15, 0.2) is 23.3 Å². The van der Waals surface area contributed by atoms with Crippen LogP contribution in [0.3, 0.4) is 0 Å². The van der Waals surface area contributed by atoms with Crippen molar-refractivity contribution < 1.29 is 0 Å². The van der Waals surface area contributed by atoms with Gasteiger partial charge < -0.3 is 16.0 Å². The van der Waals surface area contributed by atoms with E-state index in [4.69, 9.17) is 5.73 Å². The van der Waals surface area contributed by atoms with Crippen molar-refractivity contribution in [3.8, 4) is 0 Å². The number of halogens is 1. The van der Waals surface area contributed by atoms with E-state index in [-0.39, 0.29) is 24.0 Å². The zero-order chi connectivity index (χ0) is 18.2. The molecule has 0 spiro atoms. The second-order valence-electron chi connectivity index (χ2n) is 7.43. The van der Waals surface area contributed by atoms with Gasteiger partial charge in [-0.1, -0.05) is 25.8 Å². The van der Waals surface area contributed by atoms with Gasteiger partial charge in [0.15, 0.2) is 5.96 Å². The molecule has 3 heterocycles. The number of nitrogens with zero attached hydrogens (tertiary/aromatic N) is 4. The zero-order valence-corrected chi connectivity index (χ0v) is 18.9. The number of nitrogens with two attached hydrogens (primary N) is 1. The van der Waals surface area contributed by atoms with Gasteiger partial charge >= 0.3 is 0 Å². The van der Waals surface area contributed by atoms with E-state index in [0.29, 0.717) is 18.5 Å². The minimum Gasteiger partial charge on any atom is -0.370 e. The highest BCUT2D eigenvalue weighted by atomic mass is 127. The van der Waals surface area contributed by atoms with Gasteiger partial charge in [0.2, 0.25) is 0 Å². The molecule has 0 aromatic carbocycles. The van der Waals surface area contributed by atoms with Crippen LogP contribution in [0.5, 0.6) is 0 Å². The third kappa shape index (κ3) is 6.78. The Bertz CT molecular complexity index is 568. The average Bonchev–Trinajstić information content (AvgIpc) is 2.96. The third-order valence-corrected chi connectivity index (χ3v) is 5.60. The topological polar surface area (TPSA) is 69.8 Å². The van der Waals surface area contributed by atoms with Crippen LogP contribution in [0.4, 0.5) is 5.82 Å². The van der Waals surface area contributed by atoms with Gasteiger partial charge in [-0.15, -0.1) is 24.0 Å². The molecule has 6 nitrogen and oxygen atoms in total. The summed E-state index contributed by atoms with van der Waals surface area (Å²) >= 11 is 0. The number of aromatic nitrogens is 1. The molecule has 1 atom stereocenters. The normalized spacial score (nSPS) is 21.6. The van der Waals surface area contributed by atoms with Crippen LogP contribution in [0.2, 0.25) is 0 Å². The van der Waals surface area contributed by atoms with Crippen molar-refractivity contribution in [3.63, 3.8) is 0 Å². The highest BCUT2D eigenvalue weighted by Gasteiger charge is 2.22.